The maximum absolute atomic E-state index is 14.0. The van der Waals surface area contributed by atoms with Crippen LogP contribution >= 0.6 is 0 Å². The highest BCUT2D eigenvalue weighted by molar-refractivity contribution is 5.91. The standard InChI is InChI=1S/C25H19F5O3/c1-2-3-16-4-6-17(7-5-16)18-8-10-19(11-9-18)24(31)33-20-14-21(26)23(22(27)15-20)32-13-12-25(28,29)30/h4-15H,2-3H2,1H3/b13-12+. The molecule has 0 spiro atoms. The lowest BCUT2D eigenvalue weighted by molar-refractivity contribution is -0.0809. The predicted octanol–water partition coefficient (Wildman–Crippen LogP) is 7.26. The van der Waals surface area contributed by atoms with E-state index >= 15 is 0 Å². The van der Waals surface area contributed by atoms with Crippen LogP contribution in [-0.2, 0) is 6.42 Å². The van der Waals surface area contributed by atoms with Crippen LogP contribution in [0.15, 0.2) is 73.0 Å². The van der Waals surface area contributed by atoms with Gasteiger partial charge in [0.25, 0.3) is 0 Å². The molecule has 172 valence electrons. The van der Waals surface area contributed by atoms with E-state index in [0.717, 1.165) is 24.0 Å². The Kier molecular flexibility index (Phi) is 7.48. The van der Waals surface area contributed by atoms with Gasteiger partial charge in [0.2, 0.25) is 0 Å². The van der Waals surface area contributed by atoms with Gasteiger partial charge in [0.15, 0.2) is 17.4 Å². The van der Waals surface area contributed by atoms with Crippen molar-refractivity contribution in [2.45, 2.75) is 25.9 Å². The molecule has 8 heteroatoms. The zero-order chi connectivity index (χ0) is 24.0. The van der Waals surface area contributed by atoms with Gasteiger partial charge >= 0.3 is 12.1 Å². The highest BCUT2D eigenvalue weighted by Crippen LogP contribution is 2.29. The third-order valence-electron chi connectivity index (χ3n) is 4.57. The Labute approximate surface area is 187 Å². The van der Waals surface area contributed by atoms with Gasteiger partial charge in [-0.2, -0.15) is 13.2 Å². The molecular weight excluding hydrogens is 443 g/mol. The summed E-state index contributed by atoms with van der Waals surface area (Å²) in [4.78, 5) is 12.3. The second-order valence-electron chi connectivity index (χ2n) is 7.09. The molecular formula is C25H19F5O3. The summed E-state index contributed by atoms with van der Waals surface area (Å²) in [7, 11) is 0. The lowest BCUT2D eigenvalue weighted by atomic mass is 10.0. The van der Waals surface area contributed by atoms with E-state index in [1.807, 2.05) is 24.3 Å². The summed E-state index contributed by atoms with van der Waals surface area (Å²) in [5.74, 6) is -5.02. The predicted molar refractivity (Wildman–Crippen MR) is 113 cm³/mol. The fraction of sp³-hybridized carbons (Fsp3) is 0.160. The minimum atomic E-state index is -4.70. The number of benzene rings is 3. The largest absolute Gasteiger partial charge is 0.459 e. The van der Waals surface area contributed by atoms with E-state index in [1.165, 1.54) is 17.7 Å². The SMILES string of the molecule is CCCc1ccc(-c2ccc(C(=O)Oc3cc(F)c(O/C=C/C(F)(F)F)c(F)c3)cc2)cc1. The van der Waals surface area contributed by atoms with Crippen molar-refractivity contribution in [3.05, 3.63) is 95.8 Å². The molecule has 3 rings (SSSR count). The van der Waals surface area contributed by atoms with E-state index in [-0.39, 0.29) is 17.9 Å². The Bertz CT molecular complexity index is 1110. The number of hydrogen-bond acceptors (Lipinski definition) is 3. The van der Waals surface area contributed by atoms with E-state index in [1.54, 1.807) is 12.1 Å². The van der Waals surface area contributed by atoms with Gasteiger partial charge < -0.3 is 9.47 Å². The molecule has 0 bridgehead atoms. The number of allylic oxidation sites excluding steroid dienone is 1. The second-order valence-corrected chi connectivity index (χ2v) is 7.09. The molecule has 0 radical (unpaired) electrons. The Balaban J connectivity index is 1.69. The molecule has 0 amide bonds. The van der Waals surface area contributed by atoms with Crippen molar-refractivity contribution >= 4 is 5.97 Å². The average Bonchev–Trinajstić information content (AvgIpc) is 2.76. The first-order valence-corrected chi connectivity index (χ1v) is 9.98. The molecule has 0 aliphatic heterocycles. The lowest BCUT2D eigenvalue weighted by Crippen LogP contribution is -2.09. The maximum Gasteiger partial charge on any atom is 0.412 e. The molecule has 0 heterocycles. The summed E-state index contributed by atoms with van der Waals surface area (Å²) in [6, 6.07) is 15.8. The zero-order valence-corrected chi connectivity index (χ0v) is 17.5. The number of esters is 1. The van der Waals surface area contributed by atoms with Crippen LogP contribution in [0.2, 0.25) is 0 Å². The number of rotatable bonds is 7. The summed E-state index contributed by atoms with van der Waals surface area (Å²) in [6.45, 7) is 2.10. The van der Waals surface area contributed by atoms with Crippen LogP contribution in [0.4, 0.5) is 22.0 Å². The molecule has 3 nitrogen and oxygen atoms in total. The quantitative estimate of drug-likeness (QED) is 0.160. The van der Waals surface area contributed by atoms with Crippen LogP contribution < -0.4 is 9.47 Å². The molecule has 0 atom stereocenters. The van der Waals surface area contributed by atoms with Crippen molar-refractivity contribution in [3.8, 4) is 22.6 Å². The highest BCUT2D eigenvalue weighted by Gasteiger charge is 2.23. The Morgan fingerprint density at radius 2 is 1.45 bits per heavy atom. The highest BCUT2D eigenvalue weighted by atomic mass is 19.4. The number of carbonyl (C=O) groups is 1. The lowest BCUT2D eigenvalue weighted by Gasteiger charge is -2.09. The fourth-order valence-electron chi connectivity index (χ4n) is 3.00. The minimum absolute atomic E-state index is 0.117. The number of ether oxygens (including phenoxy) is 2. The van der Waals surface area contributed by atoms with Gasteiger partial charge in [0.1, 0.15) is 5.75 Å². The number of hydrogen-bond donors (Lipinski definition) is 0. The third kappa shape index (κ3) is 6.65. The zero-order valence-electron chi connectivity index (χ0n) is 17.5. The Hall–Kier alpha value is -3.68. The first-order chi connectivity index (χ1) is 15.7. The second kappa shape index (κ2) is 10.3. The molecule has 0 aromatic heterocycles. The number of alkyl halides is 3. The van der Waals surface area contributed by atoms with Gasteiger partial charge in [0.05, 0.1) is 17.9 Å². The molecule has 0 saturated heterocycles. The van der Waals surface area contributed by atoms with Gasteiger partial charge in [-0.1, -0.05) is 49.7 Å². The van der Waals surface area contributed by atoms with Crippen LogP contribution in [0.25, 0.3) is 11.1 Å². The summed E-state index contributed by atoms with van der Waals surface area (Å²) in [6.07, 6.45) is -2.86. The van der Waals surface area contributed by atoms with Crippen LogP contribution in [0.3, 0.4) is 0 Å². The molecule has 0 saturated carbocycles. The van der Waals surface area contributed by atoms with Gasteiger partial charge in [-0.15, -0.1) is 0 Å². The van der Waals surface area contributed by atoms with Gasteiger partial charge in [-0.25, -0.2) is 13.6 Å². The van der Waals surface area contributed by atoms with E-state index in [4.69, 9.17) is 4.74 Å². The van der Waals surface area contributed by atoms with Gasteiger partial charge in [-0.05, 0) is 35.2 Å². The normalized spacial score (nSPS) is 11.6. The molecule has 0 fully saturated rings. The summed E-state index contributed by atoms with van der Waals surface area (Å²) in [5.41, 5.74) is 3.22. The Morgan fingerprint density at radius 3 is 1.97 bits per heavy atom. The monoisotopic (exact) mass is 462 g/mol. The molecule has 3 aromatic rings. The molecule has 0 N–H and O–H groups in total. The summed E-state index contributed by atoms with van der Waals surface area (Å²) < 4.78 is 73.7. The van der Waals surface area contributed by atoms with Crippen molar-refractivity contribution in [3.63, 3.8) is 0 Å². The van der Waals surface area contributed by atoms with Crippen molar-refractivity contribution < 1.29 is 36.2 Å². The first-order valence-electron chi connectivity index (χ1n) is 9.98. The van der Waals surface area contributed by atoms with Crippen LogP contribution in [0.5, 0.6) is 11.5 Å². The maximum atomic E-state index is 14.0. The van der Waals surface area contributed by atoms with E-state index in [2.05, 4.69) is 11.7 Å². The molecule has 0 aliphatic rings. The van der Waals surface area contributed by atoms with Crippen molar-refractivity contribution in [1.82, 2.24) is 0 Å². The minimum Gasteiger partial charge on any atom is -0.459 e. The fourth-order valence-corrected chi connectivity index (χ4v) is 3.00. The molecule has 3 aromatic carbocycles. The van der Waals surface area contributed by atoms with Crippen LogP contribution in [0.1, 0.15) is 29.3 Å². The van der Waals surface area contributed by atoms with Crippen LogP contribution in [-0.4, -0.2) is 12.1 Å². The van der Waals surface area contributed by atoms with Crippen molar-refractivity contribution in [2.75, 3.05) is 0 Å². The van der Waals surface area contributed by atoms with E-state index in [0.29, 0.717) is 12.1 Å². The molecule has 33 heavy (non-hydrogen) atoms. The topological polar surface area (TPSA) is 35.5 Å². The Morgan fingerprint density at radius 1 is 0.909 bits per heavy atom. The van der Waals surface area contributed by atoms with Crippen LogP contribution in [0, 0.1) is 11.6 Å². The number of aryl methyl sites for hydroxylation is 1. The van der Waals surface area contributed by atoms with Crippen molar-refractivity contribution in [2.24, 2.45) is 0 Å². The summed E-state index contributed by atoms with van der Waals surface area (Å²) >= 11 is 0. The number of carbonyl (C=O) groups excluding carboxylic acids is 1. The van der Waals surface area contributed by atoms with E-state index in [9.17, 15) is 26.7 Å². The van der Waals surface area contributed by atoms with Gasteiger partial charge in [0, 0.05) is 12.1 Å². The third-order valence-corrected chi connectivity index (χ3v) is 4.57. The number of halogens is 5. The molecule has 0 aliphatic carbocycles. The average molecular weight is 462 g/mol. The van der Waals surface area contributed by atoms with E-state index < -0.39 is 35.3 Å². The summed E-state index contributed by atoms with van der Waals surface area (Å²) in [5, 5.41) is 0. The molecule has 0 unspecified atom stereocenters. The first kappa shape index (κ1) is 24.0. The smallest absolute Gasteiger partial charge is 0.412 e. The van der Waals surface area contributed by atoms with Gasteiger partial charge in [-0.3, -0.25) is 0 Å². The van der Waals surface area contributed by atoms with Crippen molar-refractivity contribution in [1.29, 1.82) is 0 Å².